The Bertz CT molecular complexity index is 1020. The molecule has 132 valence electrons. The Kier molecular flexibility index (Phi) is 4.08. The van der Waals surface area contributed by atoms with Crippen molar-refractivity contribution in [3.8, 4) is 11.5 Å². The van der Waals surface area contributed by atoms with Crippen LogP contribution >= 0.6 is 0 Å². The van der Waals surface area contributed by atoms with Crippen LogP contribution in [0.4, 0.5) is 0 Å². The van der Waals surface area contributed by atoms with Crippen molar-refractivity contribution in [3.63, 3.8) is 0 Å². The molecule has 26 heavy (non-hydrogen) atoms. The fourth-order valence-electron chi connectivity index (χ4n) is 2.91. The predicted molar refractivity (Wildman–Crippen MR) is 98.1 cm³/mol. The van der Waals surface area contributed by atoms with Crippen molar-refractivity contribution in [2.45, 2.75) is 13.8 Å². The molecular formula is C20H18N2O4. The fourth-order valence-corrected chi connectivity index (χ4v) is 2.91. The number of nitrogens with one attached hydrogen (secondary N) is 1. The molecule has 3 aromatic rings. The van der Waals surface area contributed by atoms with E-state index in [0.29, 0.717) is 30.3 Å². The van der Waals surface area contributed by atoms with Gasteiger partial charge in [-0.3, -0.25) is 4.79 Å². The van der Waals surface area contributed by atoms with Gasteiger partial charge in [0.25, 0.3) is 0 Å². The van der Waals surface area contributed by atoms with Crippen LogP contribution in [0.2, 0.25) is 0 Å². The van der Waals surface area contributed by atoms with Crippen LogP contribution in [0.3, 0.4) is 0 Å². The van der Waals surface area contributed by atoms with E-state index in [0.717, 1.165) is 22.3 Å². The average molecular weight is 350 g/mol. The van der Waals surface area contributed by atoms with Crippen LogP contribution in [-0.2, 0) is 0 Å². The molecule has 0 atom stereocenters. The standard InChI is InChI=1S/C20H18N2O4/c1-12-15-5-3-4-6-16(15)26-19(12)20(23)22-21-13(2)14-7-8-17-18(11-14)25-10-9-24-17/h3-8,11H,9-10H2,1-2H3,(H,22,23)/b21-13-. The lowest BCUT2D eigenvalue weighted by molar-refractivity contribution is 0.0928. The van der Waals surface area contributed by atoms with E-state index in [9.17, 15) is 4.79 Å². The van der Waals surface area contributed by atoms with Crippen molar-refractivity contribution in [1.82, 2.24) is 5.43 Å². The number of hydrogen-bond acceptors (Lipinski definition) is 5. The number of ether oxygens (including phenoxy) is 2. The lowest BCUT2D eigenvalue weighted by Gasteiger charge is -2.18. The molecule has 0 saturated carbocycles. The van der Waals surface area contributed by atoms with Gasteiger partial charge in [-0.1, -0.05) is 18.2 Å². The first-order valence-electron chi connectivity index (χ1n) is 8.36. The molecule has 2 heterocycles. The summed E-state index contributed by atoms with van der Waals surface area (Å²) in [7, 11) is 0. The number of benzene rings is 2. The molecule has 2 aromatic carbocycles. The van der Waals surface area contributed by atoms with E-state index < -0.39 is 0 Å². The fraction of sp³-hybridized carbons (Fsp3) is 0.200. The second-order valence-electron chi connectivity index (χ2n) is 6.05. The Hall–Kier alpha value is -3.28. The average Bonchev–Trinajstić information content (AvgIpc) is 3.02. The van der Waals surface area contributed by atoms with Crippen LogP contribution in [0.25, 0.3) is 11.0 Å². The zero-order valence-corrected chi connectivity index (χ0v) is 14.5. The molecule has 1 aliphatic heterocycles. The minimum absolute atomic E-state index is 0.268. The van der Waals surface area contributed by atoms with Crippen molar-refractivity contribution in [2.24, 2.45) is 5.10 Å². The van der Waals surface area contributed by atoms with Crippen molar-refractivity contribution >= 4 is 22.6 Å². The Labute approximate surface area is 150 Å². The molecule has 0 saturated heterocycles. The van der Waals surface area contributed by atoms with E-state index in [1.807, 2.05) is 56.3 Å². The second kappa shape index (κ2) is 6.55. The molecule has 1 aromatic heterocycles. The molecule has 0 fully saturated rings. The number of amides is 1. The van der Waals surface area contributed by atoms with Gasteiger partial charge in [-0.2, -0.15) is 5.10 Å². The SMILES string of the molecule is C/C(=N/NC(=O)c1oc2ccccc2c1C)c1ccc2c(c1)OCCO2. The van der Waals surface area contributed by atoms with Crippen molar-refractivity contribution in [1.29, 1.82) is 0 Å². The van der Waals surface area contributed by atoms with Gasteiger partial charge in [0.1, 0.15) is 18.8 Å². The zero-order chi connectivity index (χ0) is 18.1. The van der Waals surface area contributed by atoms with Crippen LogP contribution in [-0.4, -0.2) is 24.8 Å². The first-order chi connectivity index (χ1) is 12.6. The number of carbonyl (C=O) groups excluding carboxylic acids is 1. The lowest BCUT2D eigenvalue weighted by atomic mass is 10.1. The van der Waals surface area contributed by atoms with Crippen LogP contribution in [0, 0.1) is 6.92 Å². The predicted octanol–water partition coefficient (Wildman–Crippen LogP) is 3.67. The summed E-state index contributed by atoms with van der Waals surface area (Å²) in [6.45, 7) is 4.75. The van der Waals surface area contributed by atoms with Gasteiger partial charge in [-0.15, -0.1) is 0 Å². The number of carbonyl (C=O) groups is 1. The second-order valence-corrected chi connectivity index (χ2v) is 6.05. The van der Waals surface area contributed by atoms with Crippen molar-refractivity contribution in [3.05, 3.63) is 59.4 Å². The maximum atomic E-state index is 12.4. The number of aryl methyl sites for hydroxylation is 1. The molecule has 0 aliphatic carbocycles. The lowest BCUT2D eigenvalue weighted by Crippen LogP contribution is -2.20. The first kappa shape index (κ1) is 16.2. The van der Waals surface area contributed by atoms with Gasteiger partial charge in [-0.05, 0) is 38.1 Å². The van der Waals surface area contributed by atoms with Gasteiger partial charge in [0, 0.05) is 16.5 Å². The summed E-state index contributed by atoms with van der Waals surface area (Å²) >= 11 is 0. The number of hydrogen-bond donors (Lipinski definition) is 1. The molecule has 6 heteroatoms. The van der Waals surface area contributed by atoms with Gasteiger partial charge in [0.05, 0.1) is 5.71 Å². The summed E-state index contributed by atoms with van der Waals surface area (Å²) in [5.74, 6) is 1.29. The Morgan fingerprint density at radius 1 is 1.08 bits per heavy atom. The maximum absolute atomic E-state index is 12.4. The largest absolute Gasteiger partial charge is 0.486 e. The maximum Gasteiger partial charge on any atom is 0.307 e. The molecule has 0 radical (unpaired) electrons. The molecule has 0 bridgehead atoms. The molecule has 1 aliphatic rings. The summed E-state index contributed by atoms with van der Waals surface area (Å²) in [5.41, 5.74) is 5.54. The van der Waals surface area contributed by atoms with Crippen LogP contribution < -0.4 is 14.9 Å². The summed E-state index contributed by atoms with van der Waals surface area (Å²) in [6.07, 6.45) is 0. The monoisotopic (exact) mass is 350 g/mol. The van der Waals surface area contributed by atoms with E-state index in [1.54, 1.807) is 0 Å². The molecule has 1 amide bonds. The van der Waals surface area contributed by atoms with Gasteiger partial charge in [0.15, 0.2) is 17.3 Å². The van der Waals surface area contributed by atoms with Crippen LogP contribution in [0.5, 0.6) is 11.5 Å². The Balaban J connectivity index is 1.55. The number of hydrazone groups is 1. The third-order valence-corrected chi connectivity index (χ3v) is 4.34. The molecule has 1 N–H and O–H groups in total. The molecule has 6 nitrogen and oxygen atoms in total. The summed E-state index contributed by atoms with van der Waals surface area (Å²) in [4.78, 5) is 12.4. The molecule has 4 rings (SSSR count). The molecule has 0 spiro atoms. The van der Waals surface area contributed by atoms with Crippen LogP contribution in [0.1, 0.15) is 28.6 Å². The van der Waals surface area contributed by atoms with Crippen molar-refractivity contribution in [2.75, 3.05) is 13.2 Å². The van der Waals surface area contributed by atoms with Gasteiger partial charge in [0.2, 0.25) is 0 Å². The highest BCUT2D eigenvalue weighted by Gasteiger charge is 2.17. The van der Waals surface area contributed by atoms with Gasteiger partial charge in [-0.25, -0.2) is 5.43 Å². The first-order valence-corrected chi connectivity index (χ1v) is 8.36. The minimum atomic E-state index is -0.379. The highest BCUT2D eigenvalue weighted by atomic mass is 16.6. The highest BCUT2D eigenvalue weighted by Crippen LogP contribution is 2.31. The summed E-state index contributed by atoms with van der Waals surface area (Å²) in [6, 6.07) is 13.1. The summed E-state index contributed by atoms with van der Waals surface area (Å²) < 4.78 is 16.7. The molecular weight excluding hydrogens is 332 g/mol. The van der Waals surface area contributed by atoms with E-state index >= 15 is 0 Å². The number of rotatable bonds is 3. The van der Waals surface area contributed by atoms with Gasteiger partial charge < -0.3 is 13.9 Å². The quantitative estimate of drug-likeness (QED) is 0.578. The number of furan rings is 1. The molecule has 0 unspecified atom stereocenters. The number of nitrogens with zero attached hydrogens (tertiary/aromatic N) is 1. The summed E-state index contributed by atoms with van der Waals surface area (Å²) in [5, 5.41) is 5.11. The smallest absolute Gasteiger partial charge is 0.307 e. The van der Waals surface area contributed by atoms with E-state index in [2.05, 4.69) is 10.5 Å². The third kappa shape index (κ3) is 2.90. The number of fused-ring (bicyclic) bond motifs is 2. The Morgan fingerprint density at radius 3 is 2.65 bits per heavy atom. The normalized spacial score (nSPS) is 13.7. The van der Waals surface area contributed by atoms with E-state index in [-0.39, 0.29) is 11.7 Å². The third-order valence-electron chi connectivity index (χ3n) is 4.34. The topological polar surface area (TPSA) is 73.1 Å². The van der Waals surface area contributed by atoms with E-state index in [4.69, 9.17) is 13.9 Å². The zero-order valence-electron chi connectivity index (χ0n) is 14.5. The van der Waals surface area contributed by atoms with Crippen molar-refractivity contribution < 1.29 is 18.7 Å². The van der Waals surface area contributed by atoms with Crippen LogP contribution in [0.15, 0.2) is 52.0 Å². The minimum Gasteiger partial charge on any atom is -0.486 e. The highest BCUT2D eigenvalue weighted by molar-refractivity contribution is 6.02. The Morgan fingerprint density at radius 2 is 1.85 bits per heavy atom. The number of para-hydroxylation sites is 1. The van der Waals surface area contributed by atoms with Gasteiger partial charge >= 0.3 is 5.91 Å². The van der Waals surface area contributed by atoms with E-state index in [1.165, 1.54) is 0 Å².